The van der Waals surface area contributed by atoms with Crippen LogP contribution in [0, 0.1) is 0 Å². The molecule has 0 heterocycles. The molecule has 0 bridgehead atoms. The summed E-state index contributed by atoms with van der Waals surface area (Å²) in [6, 6.07) is 6.41. The van der Waals surface area contributed by atoms with Crippen LogP contribution in [0.1, 0.15) is 17.3 Å². The van der Waals surface area contributed by atoms with E-state index < -0.39 is 17.3 Å². The van der Waals surface area contributed by atoms with Gasteiger partial charge in [0.25, 0.3) is 0 Å². The molecular formula is C10H12NO5S-. The number of carbonyl (C=O) groups is 1. The average Bonchev–Trinajstić information content (AvgIpc) is 2.30. The van der Waals surface area contributed by atoms with E-state index >= 15 is 0 Å². The maximum atomic E-state index is 11.3. The first-order valence-corrected chi connectivity index (χ1v) is 5.87. The lowest BCUT2D eigenvalue weighted by molar-refractivity contribution is 0.0526. The van der Waals surface area contributed by atoms with Gasteiger partial charge in [-0.15, -0.1) is 0 Å². The van der Waals surface area contributed by atoms with Gasteiger partial charge in [-0.05, 0) is 31.2 Å². The normalized spacial score (nSPS) is 11.9. The Labute approximate surface area is 101 Å². The summed E-state index contributed by atoms with van der Waals surface area (Å²) in [6.07, 6.45) is 0. The number of rotatable bonds is 6. The third kappa shape index (κ3) is 4.94. The van der Waals surface area contributed by atoms with Crippen LogP contribution in [0.4, 0.5) is 5.69 Å². The minimum Gasteiger partial charge on any atom is -0.750 e. The van der Waals surface area contributed by atoms with Crippen molar-refractivity contribution in [2.24, 2.45) is 0 Å². The molecule has 94 valence electrons. The van der Waals surface area contributed by atoms with E-state index in [-0.39, 0.29) is 6.73 Å². The molecule has 0 fully saturated rings. The van der Waals surface area contributed by atoms with Crippen LogP contribution in [0.15, 0.2) is 24.3 Å². The molecule has 6 nitrogen and oxygen atoms in total. The van der Waals surface area contributed by atoms with Gasteiger partial charge in [0.05, 0.1) is 23.5 Å². The Morgan fingerprint density at radius 1 is 1.41 bits per heavy atom. The van der Waals surface area contributed by atoms with Crippen molar-refractivity contribution in [3.8, 4) is 0 Å². The van der Waals surface area contributed by atoms with E-state index in [1.807, 2.05) is 0 Å². The van der Waals surface area contributed by atoms with E-state index in [1.54, 1.807) is 31.2 Å². The highest BCUT2D eigenvalue weighted by Crippen LogP contribution is 2.10. The Bertz CT molecular complexity index is 392. The first-order chi connectivity index (χ1) is 8.13. The second-order valence-corrected chi connectivity index (χ2v) is 3.58. The largest absolute Gasteiger partial charge is 0.750 e. The Hall–Kier alpha value is -1.44. The standard InChI is InChI=1S/C10H13NO5S/c1-2-15-10(12)8-3-5-9(6-4-8)11-7-16-17(13)14/h3-6,11H,2,7H2,1H3,(H,13,14)/p-1. The van der Waals surface area contributed by atoms with Crippen LogP contribution in [-0.2, 0) is 20.3 Å². The molecule has 1 rings (SSSR count). The summed E-state index contributed by atoms with van der Waals surface area (Å²) in [5.74, 6) is -0.393. The number of nitrogens with one attached hydrogen (secondary N) is 1. The topological polar surface area (TPSA) is 87.7 Å². The molecule has 0 aliphatic heterocycles. The van der Waals surface area contributed by atoms with E-state index in [0.29, 0.717) is 17.9 Å². The van der Waals surface area contributed by atoms with Gasteiger partial charge in [0, 0.05) is 5.69 Å². The zero-order chi connectivity index (χ0) is 12.7. The molecule has 0 aliphatic rings. The van der Waals surface area contributed by atoms with Crippen molar-refractivity contribution in [1.82, 2.24) is 0 Å². The molecule has 1 aromatic carbocycles. The molecule has 0 amide bonds. The van der Waals surface area contributed by atoms with E-state index in [0.717, 1.165) is 0 Å². The van der Waals surface area contributed by atoms with Crippen LogP contribution in [0.3, 0.4) is 0 Å². The molecule has 0 radical (unpaired) electrons. The summed E-state index contributed by atoms with van der Waals surface area (Å²) in [5.41, 5.74) is 1.08. The van der Waals surface area contributed by atoms with Crippen LogP contribution >= 0.6 is 0 Å². The van der Waals surface area contributed by atoms with Crippen molar-refractivity contribution < 1.29 is 22.5 Å². The van der Waals surface area contributed by atoms with Crippen LogP contribution < -0.4 is 5.32 Å². The fraction of sp³-hybridized carbons (Fsp3) is 0.300. The van der Waals surface area contributed by atoms with Crippen LogP contribution in [0.25, 0.3) is 0 Å². The molecule has 17 heavy (non-hydrogen) atoms. The highest BCUT2D eigenvalue weighted by Gasteiger charge is 2.04. The number of carbonyl (C=O) groups excluding carboxylic acids is 1. The fourth-order valence-electron chi connectivity index (χ4n) is 1.10. The van der Waals surface area contributed by atoms with Gasteiger partial charge in [-0.3, -0.25) is 4.18 Å². The number of anilines is 1. The lowest BCUT2D eigenvalue weighted by atomic mass is 10.2. The zero-order valence-electron chi connectivity index (χ0n) is 9.17. The van der Waals surface area contributed by atoms with Crippen molar-refractivity contribution in [3.63, 3.8) is 0 Å². The molecule has 1 unspecified atom stereocenters. The van der Waals surface area contributed by atoms with Gasteiger partial charge >= 0.3 is 5.97 Å². The maximum Gasteiger partial charge on any atom is 0.338 e. The first kappa shape index (κ1) is 13.6. The molecular weight excluding hydrogens is 246 g/mol. The highest BCUT2D eigenvalue weighted by molar-refractivity contribution is 7.74. The summed E-state index contributed by atoms with van der Waals surface area (Å²) >= 11 is -2.54. The van der Waals surface area contributed by atoms with E-state index in [2.05, 4.69) is 9.50 Å². The summed E-state index contributed by atoms with van der Waals surface area (Å²) in [4.78, 5) is 11.3. The van der Waals surface area contributed by atoms with Gasteiger partial charge in [0.15, 0.2) is 0 Å². The van der Waals surface area contributed by atoms with Crippen molar-refractivity contribution in [2.75, 3.05) is 18.7 Å². The van der Waals surface area contributed by atoms with Crippen LogP contribution in [0.5, 0.6) is 0 Å². The van der Waals surface area contributed by atoms with Gasteiger partial charge < -0.3 is 14.6 Å². The Balaban J connectivity index is 2.50. The third-order valence-electron chi connectivity index (χ3n) is 1.83. The summed E-state index contributed by atoms with van der Waals surface area (Å²) in [7, 11) is 0. The fourth-order valence-corrected chi connectivity index (χ4v) is 1.25. The molecule has 1 N–H and O–H groups in total. The lowest BCUT2D eigenvalue weighted by Crippen LogP contribution is -2.08. The molecule has 7 heteroatoms. The van der Waals surface area contributed by atoms with Gasteiger partial charge in [0.2, 0.25) is 0 Å². The smallest absolute Gasteiger partial charge is 0.338 e. The van der Waals surface area contributed by atoms with Gasteiger partial charge in [-0.1, -0.05) is 0 Å². The highest BCUT2D eigenvalue weighted by atomic mass is 32.2. The van der Waals surface area contributed by atoms with Crippen molar-refractivity contribution in [1.29, 1.82) is 0 Å². The number of esters is 1. The predicted octanol–water partition coefficient (Wildman–Crippen LogP) is 1.04. The first-order valence-electron chi connectivity index (χ1n) is 4.87. The monoisotopic (exact) mass is 258 g/mol. The lowest BCUT2D eigenvalue weighted by Gasteiger charge is -2.09. The van der Waals surface area contributed by atoms with Crippen molar-refractivity contribution >= 4 is 23.0 Å². The number of hydrogen-bond acceptors (Lipinski definition) is 6. The van der Waals surface area contributed by atoms with E-state index in [4.69, 9.17) is 4.74 Å². The quantitative estimate of drug-likeness (QED) is 0.466. The van der Waals surface area contributed by atoms with E-state index in [9.17, 15) is 13.6 Å². The molecule has 0 aromatic heterocycles. The SMILES string of the molecule is CCOC(=O)c1ccc(NCOS(=O)[O-])cc1. The number of hydrogen-bond donors (Lipinski definition) is 1. The Kier molecular flexibility index (Phi) is 5.61. The summed E-state index contributed by atoms with van der Waals surface area (Å²) in [6.45, 7) is 1.89. The van der Waals surface area contributed by atoms with Gasteiger partial charge in [0.1, 0.15) is 6.73 Å². The number of ether oxygens (including phenoxy) is 1. The molecule has 0 spiro atoms. The molecule has 0 saturated heterocycles. The van der Waals surface area contributed by atoms with Gasteiger partial charge in [-0.25, -0.2) is 9.00 Å². The molecule has 1 aromatic rings. The summed E-state index contributed by atoms with van der Waals surface area (Å²) in [5, 5.41) is 2.71. The minimum absolute atomic E-state index is 0.158. The van der Waals surface area contributed by atoms with Gasteiger partial charge in [-0.2, -0.15) is 0 Å². The zero-order valence-corrected chi connectivity index (χ0v) is 9.99. The van der Waals surface area contributed by atoms with E-state index in [1.165, 1.54) is 0 Å². The van der Waals surface area contributed by atoms with Crippen LogP contribution in [0.2, 0.25) is 0 Å². The second kappa shape index (κ2) is 7.00. The van der Waals surface area contributed by atoms with Crippen molar-refractivity contribution in [2.45, 2.75) is 6.92 Å². The van der Waals surface area contributed by atoms with Crippen molar-refractivity contribution in [3.05, 3.63) is 29.8 Å². The molecule has 0 saturated carbocycles. The third-order valence-corrected chi connectivity index (χ3v) is 2.14. The maximum absolute atomic E-state index is 11.3. The number of benzene rings is 1. The summed E-state index contributed by atoms with van der Waals surface area (Å²) < 4.78 is 29.3. The van der Waals surface area contributed by atoms with Crippen LogP contribution in [-0.4, -0.2) is 28.1 Å². The second-order valence-electron chi connectivity index (χ2n) is 2.94. The molecule has 1 atom stereocenters. The predicted molar refractivity (Wildman–Crippen MR) is 60.9 cm³/mol. The average molecular weight is 258 g/mol. The minimum atomic E-state index is -2.54. The Morgan fingerprint density at radius 3 is 2.59 bits per heavy atom. The molecule has 0 aliphatic carbocycles. The Morgan fingerprint density at radius 2 is 2.06 bits per heavy atom.